The van der Waals surface area contributed by atoms with Gasteiger partial charge in [-0.25, -0.2) is 4.98 Å². The number of carbonyl (C=O) groups is 2. The molecule has 0 saturated carbocycles. The fourth-order valence-corrected chi connectivity index (χ4v) is 3.38. The minimum atomic E-state index is -0.289. The van der Waals surface area contributed by atoms with E-state index in [0.717, 1.165) is 12.1 Å². The number of nitrogens with one attached hydrogen (secondary N) is 1. The molecule has 1 atom stereocenters. The van der Waals surface area contributed by atoms with Crippen LogP contribution in [0.1, 0.15) is 17.7 Å². The van der Waals surface area contributed by atoms with Gasteiger partial charge in [-0.3, -0.25) is 9.59 Å². The third-order valence-electron chi connectivity index (χ3n) is 3.95. The molecule has 1 aromatic heterocycles. The van der Waals surface area contributed by atoms with Crippen molar-refractivity contribution in [2.75, 3.05) is 18.4 Å². The number of amides is 2. The van der Waals surface area contributed by atoms with Crippen LogP contribution >= 0.6 is 11.3 Å². The molecule has 2 aromatic rings. The SMILES string of the molecule is Cc1csc(NC(=O)[C@H]2CC(=O)N(CCc3ccccc3)C2)n1. The van der Waals surface area contributed by atoms with Gasteiger partial charge >= 0.3 is 0 Å². The molecule has 0 radical (unpaired) electrons. The van der Waals surface area contributed by atoms with Gasteiger partial charge in [-0.2, -0.15) is 0 Å². The van der Waals surface area contributed by atoms with Crippen molar-refractivity contribution >= 4 is 28.3 Å². The first-order chi connectivity index (χ1) is 11.1. The lowest BCUT2D eigenvalue weighted by Gasteiger charge is -2.16. The van der Waals surface area contributed by atoms with Crippen molar-refractivity contribution in [1.82, 2.24) is 9.88 Å². The highest BCUT2D eigenvalue weighted by molar-refractivity contribution is 7.13. The molecule has 1 aliphatic rings. The van der Waals surface area contributed by atoms with Gasteiger partial charge in [0, 0.05) is 24.9 Å². The average molecular weight is 329 g/mol. The standard InChI is InChI=1S/C17H19N3O2S/c1-12-11-23-17(18-12)19-16(22)14-9-15(21)20(10-14)8-7-13-5-3-2-4-6-13/h2-6,11,14H,7-10H2,1H3,(H,18,19,22)/t14-/m0/s1. The Morgan fingerprint density at radius 1 is 1.39 bits per heavy atom. The molecule has 1 saturated heterocycles. The van der Waals surface area contributed by atoms with Gasteiger partial charge in [0.1, 0.15) is 0 Å². The Bertz CT molecular complexity index is 699. The van der Waals surface area contributed by atoms with E-state index in [-0.39, 0.29) is 24.2 Å². The number of thiazole rings is 1. The van der Waals surface area contributed by atoms with E-state index in [1.54, 1.807) is 4.90 Å². The maximum absolute atomic E-state index is 12.3. The lowest BCUT2D eigenvalue weighted by Crippen LogP contribution is -2.30. The molecule has 1 N–H and O–H groups in total. The molecule has 2 amide bonds. The second-order valence-corrected chi connectivity index (χ2v) is 6.62. The van der Waals surface area contributed by atoms with E-state index in [2.05, 4.69) is 22.4 Å². The number of rotatable bonds is 5. The molecule has 6 heteroatoms. The van der Waals surface area contributed by atoms with Crippen molar-refractivity contribution in [3.05, 3.63) is 47.0 Å². The van der Waals surface area contributed by atoms with E-state index in [1.807, 2.05) is 30.5 Å². The van der Waals surface area contributed by atoms with Crippen LogP contribution in [0, 0.1) is 12.8 Å². The van der Waals surface area contributed by atoms with E-state index in [4.69, 9.17) is 0 Å². The van der Waals surface area contributed by atoms with Crippen LogP contribution in [0.25, 0.3) is 0 Å². The first-order valence-corrected chi connectivity index (χ1v) is 8.54. The Balaban J connectivity index is 1.53. The molecule has 23 heavy (non-hydrogen) atoms. The Kier molecular flexibility index (Phi) is 4.71. The molecule has 2 heterocycles. The highest BCUT2D eigenvalue weighted by Crippen LogP contribution is 2.21. The Morgan fingerprint density at radius 3 is 2.87 bits per heavy atom. The number of aromatic nitrogens is 1. The zero-order chi connectivity index (χ0) is 16.2. The molecule has 0 spiro atoms. The largest absolute Gasteiger partial charge is 0.342 e. The first-order valence-electron chi connectivity index (χ1n) is 7.66. The fourth-order valence-electron chi connectivity index (χ4n) is 2.69. The highest BCUT2D eigenvalue weighted by Gasteiger charge is 2.34. The van der Waals surface area contributed by atoms with Crippen LogP contribution in [-0.4, -0.2) is 34.8 Å². The van der Waals surface area contributed by atoms with Crippen molar-refractivity contribution < 1.29 is 9.59 Å². The van der Waals surface area contributed by atoms with Crippen molar-refractivity contribution in [2.24, 2.45) is 5.92 Å². The molecule has 0 bridgehead atoms. The number of benzene rings is 1. The zero-order valence-electron chi connectivity index (χ0n) is 13.0. The second-order valence-electron chi connectivity index (χ2n) is 5.76. The maximum atomic E-state index is 12.3. The predicted octanol–water partition coefficient (Wildman–Crippen LogP) is 2.48. The van der Waals surface area contributed by atoms with Gasteiger partial charge in [0.2, 0.25) is 11.8 Å². The van der Waals surface area contributed by atoms with Gasteiger partial charge < -0.3 is 10.2 Å². The van der Waals surface area contributed by atoms with Crippen molar-refractivity contribution in [3.8, 4) is 0 Å². The number of likely N-dealkylation sites (tertiary alicyclic amines) is 1. The molecule has 0 unspecified atom stereocenters. The number of hydrogen-bond donors (Lipinski definition) is 1. The highest BCUT2D eigenvalue weighted by atomic mass is 32.1. The number of carbonyl (C=O) groups excluding carboxylic acids is 2. The summed E-state index contributed by atoms with van der Waals surface area (Å²) in [5.41, 5.74) is 2.09. The van der Waals surface area contributed by atoms with Crippen LogP contribution in [0.3, 0.4) is 0 Å². The smallest absolute Gasteiger partial charge is 0.231 e. The molecular weight excluding hydrogens is 310 g/mol. The van der Waals surface area contributed by atoms with Gasteiger partial charge in [0.15, 0.2) is 5.13 Å². The Hall–Kier alpha value is -2.21. The van der Waals surface area contributed by atoms with Gasteiger partial charge in [0.05, 0.1) is 11.6 Å². The summed E-state index contributed by atoms with van der Waals surface area (Å²) in [5.74, 6) is -0.353. The molecule has 1 aromatic carbocycles. The number of hydrogen-bond acceptors (Lipinski definition) is 4. The summed E-state index contributed by atoms with van der Waals surface area (Å²) >= 11 is 1.40. The summed E-state index contributed by atoms with van der Waals surface area (Å²) in [6.45, 7) is 3.03. The molecule has 1 fully saturated rings. The van der Waals surface area contributed by atoms with Gasteiger partial charge in [-0.1, -0.05) is 30.3 Å². The maximum Gasteiger partial charge on any atom is 0.231 e. The Morgan fingerprint density at radius 2 is 2.17 bits per heavy atom. The normalized spacial score (nSPS) is 17.5. The molecule has 3 rings (SSSR count). The minimum Gasteiger partial charge on any atom is -0.342 e. The summed E-state index contributed by atoms with van der Waals surface area (Å²) in [6, 6.07) is 10.1. The minimum absolute atomic E-state index is 0.0522. The third-order valence-corrected chi connectivity index (χ3v) is 4.82. The summed E-state index contributed by atoms with van der Waals surface area (Å²) in [6.07, 6.45) is 1.09. The number of aryl methyl sites for hydroxylation is 1. The fraction of sp³-hybridized carbons (Fsp3) is 0.353. The van der Waals surface area contributed by atoms with E-state index in [1.165, 1.54) is 16.9 Å². The van der Waals surface area contributed by atoms with E-state index in [9.17, 15) is 9.59 Å². The topological polar surface area (TPSA) is 62.3 Å². The molecule has 5 nitrogen and oxygen atoms in total. The molecule has 0 aliphatic carbocycles. The monoisotopic (exact) mass is 329 g/mol. The first kappa shape index (κ1) is 15.7. The average Bonchev–Trinajstić information content (AvgIpc) is 3.12. The van der Waals surface area contributed by atoms with Crippen molar-refractivity contribution in [1.29, 1.82) is 0 Å². The van der Waals surface area contributed by atoms with E-state index < -0.39 is 0 Å². The van der Waals surface area contributed by atoms with Crippen LogP contribution in [0.15, 0.2) is 35.7 Å². The van der Waals surface area contributed by atoms with Gasteiger partial charge in [-0.15, -0.1) is 11.3 Å². The van der Waals surface area contributed by atoms with Crippen LogP contribution < -0.4 is 5.32 Å². The van der Waals surface area contributed by atoms with Gasteiger partial charge in [-0.05, 0) is 18.9 Å². The van der Waals surface area contributed by atoms with Crippen LogP contribution in [0.4, 0.5) is 5.13 Å². The van der Waals surface area contributed by atoms with Gasteiger partial charge in [0.25, 0.3) is 0 Å². The second kappa shape index (κ2) is 6.91. The summed E-state index contributed by atoms with van der Waals surface area (Å²) < 4.78 is 0. The quantitative estimate of drug-likeness (QED) is 0.917. The lowest BCUT2D eigenvalue weighted by molar-refractivity contribution is -0.128. The van der Waals surface area contributed by atoms with Crippen molar-refractivity contribution in [3.63, 3.8) is 0 Å². The zero-order valence-corrected chi connectivity index (χ0v) is 13.8. The molecular formula is C17H19N3O2S. The third kappa shape index (κ3) is 3.96. The van der Waals surface area contributed by atoms with E-state index >= 15 is 0 Å². The van der Waals surface area contributed by atoms with Crippen LogP contribution in [-0.2, 0) is 16.0 Å². The number of anilines is 1. The number of nitrogens with zero attached hydrogens (tertiary/aromatic N) is 2. The predicted molar refractivity (Wildman–Crippen MR) is 90.3 cm³/mol. The molecule has 1 aliphatic heterocycles. The van der Waals surface area contributed by atoms with E-state index in [0.29, 0.717) is 18.2 Å². The Labute approximate surface area is 139 Å². The molecule has 120 valence electrons. The summed E-state index contributed by atoms with van der Waals surface area (Å²) in [5, 5.41) is 5.30. The summed E-state index contributed by atoms with van der Waals surface area (Å²) in [7, 11) is 0. The van der Waals surface area contributed by atoms with Crippen LogP contribution in [0.5, 0.6) is 0 Å². The van der Waals surface area contributed by atoms with Crippen LogP contribution in [0.2, 0.25) is 0 Å². The van der Waals surface area contributed by atoms with Crippen molar-refractivity contribution in [2.45, 2.75) is 19.8 Å². The lowest BCUT2D eigenvalue weighted by atomic mass is 10.1. The summed E-state index contributed by atoms with van der Waals surface area (Å²) in [4.78, 5) is 30.4.